The van der Waals surface area contributed by atoms with Crippen LogP contribution in [0.25, 0.3) is 0 Å². The molecule has 0 aliphatic carbocycles. The summed E-state index contributed by atoms with van der Waals surface area (Å²) in [6.45, 7) is 1.76. The van der Waals surface area contributed by atoms with Gasteiger partial charge in [-0.25, -0.2) is 0 Å². The van der Waals surface area contributed by atoms with Gasteiger partial charge in [0.2, 0.25) is 0 Å². The van der Waals surface area contributed by atoms with E-state index in [0.29, 0.717) is 5.11 Å². The molecule has 0 radical (unpaired) electrons. The largest absolute Gasteiger partial charge is 0.480 e. The fourth-order valence-electron chi connectivity index (χ4n) is 1.04. The molecule has 1 rings (SSSR count). The van der Waals surface area contributed by atoms with Crippen LogP contribution in [0.4, 0.5) is 5.69 Å². The van der Waals surface area contributed by atoms with E-state index >= 15 is 0 Å². The molecule has 0 atom stereocenters. The number of nitrogens with one attached hydrogen (secondary N) is 2. The molecule has 0 aliphatic rings. The Hall–Kier alpha value is -1.62. The highest BCUT2D eigenvalue weighted by atomic mass is 32.1. The quantitative estimate of drug-likeness (QED) is 0.677. The number of carbonyl (C=O) groups is 1. The number of hydrogen-bond acceptors (Lipinski definition) is 2. The molecule has 0 unspecified atom stereocenters. The average molecular weight is 224 g/mol. The Kier molecular flexibility index (Phi) is 4.05. The van der Waals surface area contributed by atoms with E-state index < -0.39 is 5.97 Å². The van der Waals surface area contributed by atoms with Crippen molar-refractivity contribution in [3.8, 4) is 0 Å². The van der Waals surface area contributed by atoms with Crippen LogP contribution in [-0.2, 0) is 4.79 Å². The molecule has 80 valence electrons. The van der Waals surface area contributed by atoms with Crippen LogP contribution >= 0.6 is 12.2 Å². The van der Waals surface area contributed by atoms with Gasteiger partial charge in [0.1, 0.15) is 6.54 Å². The molecule has 15 heavy (non-hydrogen) atoms. The van der Waals surface area contributed by atoms with Gasteiger partial charge < -0.3 is 15.7 Å². The summed E-state index contributed by atoms with van der Waals surface area (Å²) in [6.07, 6.45) is 0. The SMILES string of the molecule is Cc1ccccc1NC(=S)NCC(=O)O. The van der Waals surface area contributed by atoms with Gasteiger partial charge in [0.05, 0.1) is 0 Å². The number of carboxylic acids is 1. The van der Waals surface area contributed by atoms with Crippen molar-refractivity contribution in [2.75, 3.05) is 11.9 Å². The van der Waals surface area contributed by atoms with Crippen LogP contribution in [0.5, 0.6) is 0 Å². The Balaban J connectivity index is 2.52. The number of thiocarbonyl (C=S) groups is 1. The highest BCUT2D eigenvalue weighted by Gasteiger charge is 2.01. The van der Waals surface area contributed by atoms with Gasteiger partial charge in [0.25, 0.3) is 0 Å². The zero-order valence-corrected chi connectivity index (χ0v) is 9.10. The fraction of sp³-hybridized carbons (Fsp3) is 0.200. The summed E-state index contributed by atoms with van der Waals surface area (Å²) in [7, 11) is 0. The molecular formula is C10H12N2O2S. The predicted molar refractivity (Wildman–Crippen MR) is 63.0 cm³/mol. The summed E-state index contributed by atoms with van der Waals surface area (Å²) < 4.78 is 0. The summed E-state index contributed by atoms with van der Waals surface area (Å²) in [5.41, 5.74) is 1.93. The van der Waals surface area contributed by atoms with Crippen LogP contribution in [0.2, 0.25) is 0 Å². The lowest BCUT2D eigenvalue weighted by atomic mass is 10.2. The molecule has 0 heterocycles. The lowest BCUT2D eigenvalue weighted by Gasteiger charge is -2.10. The van der Waals surface area contributed by atoms with E-state index in [-0.39, 0.29) is 6.54 Å². The third-order valence-electron chi connectivity index (χ3n) is 1.79. The number of aliphatic carboxylic acids is 1. The van der Waals surface area contributed by atoms with E-state index in [0.717, 1.165) is 11.3 Å². The molecule has 1 aromatic rings. The highest BCUT2D eigenvalue weighted by molar-refractivity contribution is 7.80. The molecule has 1 aromatic carbocycles. The first-order chi connectivity index (χ1) is 7.09. The monoisotopic (exact) mass is 224 g/mol. The Bertz CT molecular complexity index is 379. The molecule has 3 N–H and O–H groups in total. The van der Waals surface area contributed by atoms with E-state index in [1.165, 1.54) is 0 Å². The van der Waals surface area contributed by atoms with Crippen LogP contribution in [-0.4, -0.2) is 22.7 Å². The van der Waals surface area contributed by atoms with Crippen LogP contribution in [0.1, 0.15) is 5.56 Å². The van der Waals surface area contributed by atoms with Gasteiger partial charge in [0, 0.05) is 5.69 Å². The number of hydrogen-bond donors (Lipinski definition) is 3. The minimum Gasteiger partial charge on any atom is -0.480 e. The van der Waals surface area contributed by atoms with E-state index in [4.69, 9.17) is 17.3 Å². The third-order valence-corrected chi connectivity index (χ3v) is 2.04. The van der Waals surface area contributed by atoms with Gasteiger partial charge >= 0.3 is 5.97 Å². The number of para-hydroxylation sites is 1. The Morgan fingerprint density at radius 1 is 1.47 bits per heavy atom. The summed E-state index contributed by atoms with van der Waals surface area (Å²) in [5.74, 6) is -0.941. The van der Waals surface area contributed by atoms with Crippen molar-refractivity contribution in [3.05, 3.63) is 29.8 Å². The van der Waals surface area contributed by atoms with Crippen molar-refractivity contribution < 1.29 is 9.90 Å². The molecule has 0 spiro atoms. The summed E-state index contributed by atoms with van der Waals surface area (Å²) in [4.78, 5) is 10.3. The minimum atomic E-state index is -0.941. The second-order valence-corrected chi connectivity index (χ2v) is 3.42. The first-order valence-electron chi connectivity index (χ1n) is 4.42. The Labute approximate surface area is 93.3 Å². The number of anilines is 1. The van der Waals surface area contributed by atoms with Crippen LogP contribution in [0, 0.1) is 6.92 Å². The molecule has 0 aliphatic heterocycles. The topological polar surface area (TPSA) is 61.4 Å². The number of carboxylic acid groups (broad SMARTS) is 1. The fourth-order valence-corrected chi connectivity index (χ4v) is 1.22. The number of benzene rings is 1. The third kappa shape index (κ3) is 3.95. The maximum atomic E-state index is 10.3. The van der Waals surface area contributed by atoms with E-state index in [1.807, 2.05) is 31.2 Å². The van der Waals surface area contributed by atoms with E-state index in [1.54, 1.807) is 0 Å². The predicted octanol–water partition coefficient (Wildman–Crippen LogP) is 1.37. The average Bonchev–Trinajstić information content (AvgIpc) is 2.18. The molecule has 4 nitrogen and oxygen atoms in total. The van der Waals surface area contributed by atoms with Gasteiger partial charge in [-0.15, -0.1) is 0 Å². The van der Waals surface area contributed by atoms with Crippen LogP contribution in [0.3, 0.4) is 0 Å². The van der Waals surface area contributed by atoms with Crippen molar-refractivity contribution in [3.63, 3.8) is 0 Å². The second kappa shape index (κ2) is 5.31. The zero-order chi connectivity index (χ0) is 11.3. The maximum Gasteiger partial charge on any atom is 0.322 e. The molecule has 0 fully saturated rings. The van der Waals surface area contributed by atoms with Crippen molar-refractivity contribution >= 4 is 29.0 Å². The maximum absolute atomic E-state index is 10.3. The smallest absolute Gasteiger partial charge is 0.322 e. The molecule has 5 heteroatoms. The number of aryl methyl sites for hydroxylation is 1. The molecule has 0 bridgehead atoms. The lowest BCUT2D eigenvalue weighted by molar-refractivity contribution is -0.135. The van der Waals surface area contributed by atoms with E-state index in [2.05, 4.69) is 10.6 Å². The highest BCUT2D eigenvalue weighted by Crippen LogP contribution is 2.12. The van der Waals surface area contributed by atoms with Crippen molar-refractivity contribution in [2.24, 2.45) is 0 Å². The molecule has 0 saturated carbocycles. The van der Waals surface area contributed by atoms with Crippen LogP contribution in [0.15, 0.2) is 24.3 Å². The van der Waals surface area contributed by atoms with E-state index in [9.17, 15) is 4.79 Å². The zero-order valence-electron chi connectivity index (χ0n) is 8.28. The summed E-state index contributed by atoms with van der Waals surface area (Å²) in [6, 6.07) is 7.63. The number of rotatable bonds is 3. The molecule has 0 aromatic heterocycles. The van der Waals surface area contributed by atoms with Crippen molar-refractivity contribution in [1.82, 2.24) is 5.32 Å². The Morgan fingerprint density at radius 2 is 2.13 bits per heavy atom. The van der Waals surface area contributed by atoms with Gasteiger partial charge in [-0.2, -0.15) is 0 Å². The molecular weight excluding hydrogens is 212 g/mol. The molecule has 0 saturated heterocycles. The van der Waals surface area contributed by atoms with Gasteiger partial charge in [-0.05, 0) is 30.8 Å². The normalized spacial score (nSPS) is 9.40. The van der Waals surface area contributed by atoms with Crippen molar-refractivity contribution in [1.29, 1.82) is 0 Å². The first kappa shape index (κ1) is 11.5. The summed E-state index contributed by atoms with van der Waals surface area (Å²) in [5, 5.41) is 14.2. The van der Waals surface area contributed by atoms with Crippen LogP contribution < -0.4 is 10.6 Å². The lowest BCUT2D eigenvalue weighted by Crippen LogP contribution is -2.33. The second-order valence-electron chi connectivity index (χ2n) is 3.02. The minimum absolute atomic E-state index is 0.183. The van der Waals surface area contributed by atoms with Gasteiger partial charge in [-0.1, -0.05) is 18.2 Å². The van der Waals surface area contributed by atoms with Gasteiger partial charge in [-0.3, -0.25) is 4.79 Å². The van der Waals surface area contributed by atoms with Gasteiger partial charge in [0.15, 0.2) is 5.11 Å². The molecule has 0 amide bonds. The first-order valence-corrected chi connectivity index (χ1v) is 4.82. The Morgan fingerprint density at radius 3 is 2.73 bits per heavy atom. The summed E-state index contributed by atoms with van der Waals surface area (Å²) >= 11 is 4.93. The standard InChI is InChI=1S/C10H12N2O2S/c1-7-4-2-3-5-8(7)12-10(15)11-6-9(13)14/h2-5H,6H2,1H3,(H,13,14)(H2,11,12,15). The van der Waals surface area contributed by atoms with Crippen molar-refractivity contribution in [2.45, 2.75) is 6.92 Å².